The Balaban J connectivity index is 3.88. The quantitative estimate of drug-likeness (QED) is 0.467. The van der Waals surface area contributed by atoms with Gasteiger partial charge in [-0.05, 0) is 39.3 Å². The molecule has 0 aromatic heterocycles. The molecule has 0 bridgehead atoms. The van der Waals surface area contributed by atoms with Gasteiger partial charge in [0.2, 0.25) is 0 Å². The molecule has 0 heterocycles. The van der Waals surface area contributed by atoms with Gasteiger partial charge in [0.25, 0.3) is 0 Å². The molecule has 0 aliphatic heterocycles. The van der Waals surface area contributed by atoms with Gasteiger partial charge in [0.1, 0.15) is 0 Å². The maximum atomic E-state index is 5.36. The first-order valence-corrected chi connectivity index (χ1v) is 4.82. The molecule has 0 fully saturated rings. The lowest BCUT2D eigenvalue weighted by Gasteiger charge is -2.13. The molecule has 0 aromatic rings. The zero-order chi connectivity index (χ0) is 10.1. The van der Waals surface area contributed by atoms with Crippen LogP contribution in [0.1, 0.15) is 34.1 Å². The Kier molecular flexibility index (Phi) is 7.71. The summed E-state index contributed by atoms with van der Waals surface area (Å²) >= 11 is 0. The first-order chi connectivity index (χ1) is 6.20. The summed E-state index contributed by atoms with van der Waals surface area (Å²) in [6.45, 7) is 9.35. The minimum absolute atomic E-state index is 0.109. The lowest BCUT2D eigenvalue weighted by molar-refractivity contribution is -0.133. The molecule has 76 valence electrons. The summed E-state index contributed by atoms with van der Waals surface area (Å²) in [6, 6.07) is 0. The minimum Gasteiger partial charge on any atom is -0.353 e. The lowest BCUT2D eigenvalue weighted by Crippen LogP contribution is -2.16. The first-order valence-electron chi connectivity index (χ1n) is 4.82. The maximum absolute atomic E-state index is 5.36. The molecule has 0 spiro atoms. The molecule has 0 amide bonds. The van der Waals surface area contributed by atoms with Crippen molar-refractivity contribution in [2.24, 2.45) is 0 Å². The highest BCUT2D eigenvalue weighted by molar-refractivity contribution is 4.94. The van der Waals surface area contributed by atoms with Gasteiger partial charge in [0.05, 0.1) is 0 Å². The third kappa shape index (κ3) is 7.79. The van der Waals surface area contributed by atoms with E-state index in [4.69, 9.17) is 9.47 Å². The van der Waals surface area contributed by atoms with Gasteiger partial charge in [-0.25, -0.2) is 0 Å². The average Bonchev–Trinajstić information content (AvgIpc) is 2.04. The fraction of sp³-hybridized carbons (Fsp3) is 0.727. The summed E-state index contributed by atoms with van der Waals surface area (Å²) < 4.78 is 10.7. The molecule has 0 saturated carbocycles. The number of hydrogen-bond acceptors (Lipinski definition) is 2. The molecular weight excluding hydrogens is 164 g/mol. The summed E-state index contributed by atoms with van der Waals surface area (Å²) in [4.78, 5) is 0. The van der Waals surface area contributed by atoms with Gasteiger partial charge in [-0.15, -0.1) is 5.73 Å². The molecule has 2 nitrogen and oxygen atoms in total. The molecular formula is C11H20O2. The van der Waals surface area contributed by atoms with Gasteiger partial charge in [0.15, 0.2) is 6.29 Å². The van der Waals surface area contributed by atoms with Crippen LogP contribution < -0.4 is 0 Å². The Morgan fingerprint density at radius 2 is 1.77 bits per heavy atom. The fourth-order valence-corrected chi connectivity index (χ4v) is 0.915. The Bertz CT molecular complexity index is 169. The molecule has 0 atom stereocenters. The second-order valence-corrected chi connectivity index (χ2v) is 2.92. The zero-order valence-corrected chi connectivity index (χ0v) is 9.09. The van der Waals surface area contributed by atoms with Gasteiger partial charge in [0, 0.05) is 19.6 Å². The standard InChI is InChI=1S/C11H20O2/c1-5-12-11(13-6-2)9-7-8-10(3)4/h7,11H,5-6,9H2,1-4H3. The van der Waals surface area contributed by atoms with Gasteiger partial charge >= 0.3 is 0 Å². The van der Waals surface area contributed by atoms with Crippen LogP contribution in [-0.4, -0.2) is 19.5 Å². The predicted molar refractivity (Wildman–Crippen MR) is 54.6 cm³/mol. The van der Waals surface area contributed by atoms with Crippen molar-refractivity contribution in [3.05, 3.63) is 17.4 Å². The second kappa shape index (κ2) is 8.06. The largest absolute Gasteiger partial charge is 0.353 e. The highest BCUT2D eigenvalue weighted by Gasteiger charge is 2.03. The Morgan fingerprint density at radius 1 is 1.23 bits per heavy atom. The normalized spacial score (nSPS) is 9.92. The van der Waals surface area contributed by atoms with E-state index in [9.17, 15) is 0 Å². The van der Waals surface area contributed by atoms with Crippen molar-refractivity contribution < 1.29 is 9.47 Å². The van der Waals surface area contributed by atoms with Crippen molar-refractivity contribution in [3.63, 3.8) is 0 Å². The molecule has 0 radical (unpaired) electrons. The van der Waals surface area contributed by atoms with E-state index < -0.39 is 0 Å². The van der Waals surface area contributed by atoms with Crippen molar-refractivity contribution in [1.82, 2.24) is 0 Å². The Morgan fingerprint density at radius 3 is 2.15 bits per heavy atom. The van der Waals surface area contributed by atoms with Crippen molar-refractivity contribution in [2.75, 3.05) is 13.2 Å². The van der Waals surface area contributed by atoms with Crippen LogP contribution in [0.3, 0.4) is 0 Å². The molecule has 13 heavy (non-hydrogen) atoms. The summed E-state index contributed by atoms with van der Waals surface area (Å²) in [6.07, 6.45) is 2.62. The molecule has 0 N–H and O–H groups in total. The third-order valence-corrected chi connectivity index (χ3v) is 1.41. The van der Waals surface area contributed by atoms with Crippen molar-refractivity contribution in [2.45, 2.75) is 40.4 Å². The number of rotatable bonds is 6. The second-order valence-electron chi connectivity index (χ2n) is 2.92. The van der Waals surface area contributed by atoms with Crippen LogP contribution in [0.5, 0.6) is 0 Å². The number of ether oxygens (including phenoxy) is 2. The van der Waals surface area contributed by atoms with Crippen LogP contribution >= 0.6 is 0 Å². The maximum Gasteiger partial charge on any atom is 0.161 e. The molecule has 0 rings (SSSR count). The first kappa shape index (κ1) is 12.4. The highest BCUT2D eigenvalue weighted by Crippen LogP contribution is 2.01. The van der Waals surface area contributed by atoms with E-state index in [-0.39, 0.29) is 6.29 Å². The van der Waals surface area contributed by atoms with E-state index in [0.717, 1.165) is 6.42 Å². The van der Waals surface area contributed by atoms with E-state index >= 15 is 0 Å². The van der Waals surface area contributed by atoms with Crippen LogP contribution in [0.4, 0.5) is 0 Å². The predicted octanol–water partition coefficient (Wildman–Crippen LogP) is 2.90. The van der Waals surface area contributed by atoms with E-state index in [1.807, 2.05) is 33.8 Å². The van der Waals surface area contributed by atoms with Crippen LogP contribution in [0, 0.1) is 0 Å². The van der Waals surface area contributed by atoms with Crippen molar-refractivity contribution in [1.29, 1.82) is 0 Å². The zero-order valence-electron chi connectivity index (χ0n) is 9.09. The molecule has 0 unspecified atom stereocenters. The van der Waals surface area contributed by atoms with Gasteiger partial charge in [-0.3, -0.25) is 0 Å². The Hall–Kier alpha value is -0.560. The van der Waals surface area contributed by atoms with Crippen LogP contribution in [-0.2, 0) is 9.47 Å². The molecule has 0 aliphatic rings. The van der Waals surface area contributed by atoms with Gasteiger partial charge in [-0.1, -0.05) is 0 Å². The minimum atomic E-state index is -0.109. The fourth-order valence-electron chi connectivity index (χ4n) is 0.915. The Labute approximate surface area is 81.2 Å². The SMILES string of the molecule is CCOC(CC=C=C(C)C)OCC. The summed E-state index contributed by atoms with van der Waals surface area (Å²) in [5, 5.41) is 0. The smallest absolute Gasteiger partial charge is 0.161 e. The van der Waals surface area contributed by atoms with Crippen molar-refractivity contribution >= 4 is 0 Å². The monoisotopic (exact) mass is 184 g/mol. The van der Waals surface area contributed by atoms with Crippen LogP contribution in [0.2, 0.25) is 0 Å². The topological polar surface area (TPSA) is 18.5 Å². The van der Waals surface area contributed by atoms with Crippen LogP contribution in [0.15, 0.2) is 17.4 Å². The summed E-state index contributed by atoms with van der Waals surface area (Å²) in [7, 11) is 0. The van der Waals surface area contributed by atoms with E-state index in [1.54, 1.807) is 0 Å². The third-order valence-electron chi connectivity index (χ3n) is 1.41. The van der Waals surface area contributed by atoms with Crippen LogP contribution in [0.25, 0.3) is 0 Å². The molecule has 0 saturated heterocycles. The molecule has 0 aromatic carbocycles. The van der Waals surface area contributed by atoms with E-state index in [2.05, 4.69) is 5.73 Å². The van der Waals surface area contributed by atoms with Gasteiger partial charge < -0.3 is 9.47 Å². The highest BCUT2D eigenvalue weighted by atomic mass is 16.7. The average molecular weight is 184 g/mol. The van der Waals surface area contributed by atoms with Crippen molar-refractivity contribution in [3.8, 4) is 0 Å². The molecule has 2 heteroatoms. The summed E-state index contributed by atoms with van der Waals surface area (Å²) in [5.74, 6) is 0. The molecule has 0 aliphatic carbocycles. The van der Waals surface area contributed by atoms with E-state index in [0.29, 0.717) is 13.2 Å². The number of hydrogen-bond donors (Lipinski definition) is 0. The summed E-state index contributed by atoms with van der Waals surface area (Å²) in [5.41, 5.74) is 4.30. The van der Waals surface area contributed by atoms with E-state index in [1.165, 1.54) is 5.57 Å². The lowest BCUT2D eigenvalue weighted by atomic mass is 10.3. The van der Waals surface area contributed by atoms with Gasteiger partial charge in [-0.2, -0.15) is 0 Å².